The van der Waals surface area contributed by atoms with Crippen LogP contribution in [0.15, 0.2) is 29.1 Å². The van der Waals surface area contributed by atoms with Gasteiger partial charge < -0.3 is 14.7 Å². The second-order valence-corrected chi connectivity index (χ2v) is 9.44. The number of hydrogen-bond donors (Lipinski definition) is 1. The van der Waals surface area contributed by atoms with Crippen LogP contribution in [0.5, 0.6) is 0 Å². The summed E-state index contributed by atoms with van der Waals surface area (Å²) >= 11 is 0. The van der Waals surface area contributed by atoms with E-state index in [1.807, 2.05) is 6.92 Å². The number of likely N-dealkylation sites (tertiary alicyclic amines) is 1. The van der Waals surface area contributed by atoms with Gasteiger partial charge in [-0.2, -0.15) is 13.5 Å². The highest BCUT2D eigenvalue weighted by Gasteiger charge is 2.49. The van der Waals surface area contributed by atoms with Gasteiger partial charge in [0.25, 0.3) is 5.56 Å². The summed E-state index contributed by atoms with van der Waals surface area (Å²) in [5.74, 6) is -0.452. The van der Waals surface area contributed by atoms with Gasteiger partial charge in [0.2, 0.25) is 5.91 Å². The number of aromatic nitrogens is 2. The number of fused-ring (bicyclic) bond motifs is 1. The van der Waals surface area contributed by atoms with E-state index >= 15 is 0 Å². The zero-order valence-corrected chi connectivity index (χ0v) is 19.2. The van der Waals surface area contributed by atoms with Crippen LogP contribution in [0.4, 0.5) is 14.6 Å². The molecule has 2 fully saturated rings. The van der Waals surface area contributed by atoms with Crippen LogP contribution in [0.1, 0.15) is 59.0 Å². The van der Waals surface area contributed by atoms with Gasteiger partial charge in [0.1, 0.15) is 6.61 Å². The minimum Gasteiger partial charge on any atom is -0.457 e. The molecule has 2 saturated heterocycles. The quantitative estimate of drug-likeness (QED) is 0.643. The van der Waals surface area contributed by atoms with Gasteiger partial charge in [0.05, 0.1) is 17.1 Å². The van der Waals surface area contributed by atoms with Gasteiger partial charge >= 0.3 is 12.5 Å². The molecule has 1 spiro atoms. The average Bonchev–Trinajstić information content (AvgIpc) is 3.36. The maximum atomic E-state index is 13.3. The number of carbonyl (C=O) groups is 2. The number of nitrogens with zero attached hydrogens (tertiary/aromatic N) is 4. The van der Waals surface area contributed by atoms with Crippen molar-refractivity contribution < 1.29 is 28.2 Å². The molecule has 9 nitrogen and oxygen atoms in total. The fourth-order valence-electron chi connectivity index (χ4n) is 5.44. The second kappa shape index (κ2) is 8.80. The molecule has 0 radical (unpaired) electrons. The molecular weight excluding hydrogens is 462 g/mol. The standard InChI is InChI=1S/C24H26F2N4O5/c1-14-15(2-3-16-17(14)13-35-21(16)33)18(31)12-28-9-6-24(7-10-28)8-11-29(22(24)34)19-4-5-20(32)30(27-19)23(25)26/h2-5,18,23,31H,6-13H2,1H3. The van der Waals surface area contributed by atoms with E-state index in [-0.39, 0.29) is 29.0 Å². The maximum absolute atomic E-state index is 13.3. The molecule has 3 aliphatic rings. The van der Waals surface area contributed by atoms with Crippen LogP contribution in [0, 0.1) is 12.3 Å². The molecule has 4 heterocycles. The Morgan fingerprint density at radius 2 is 1.80 bits per heavy atom. The van der Waals surface area contributed by atoms with Crippen molar-refractivity contribution in [1.82, 2.24) is 14.7 Å². The Balaban J connectivity index is 1.24. The summed E-state index contributed by atoms with van der Waals surface area (Å²) in [5, 5.41) is 14.6. The smallest absolute Gasteiger partial charge is 0.338 e. The molecule has 1 N–H and O–H groups in total. The Kier molecular flexibility index (Phi) is 5.92. The Morgan fingerprint density at radius 1 is 1.09 bits per heavy atom. The third kappa shape index (κ3) is 4.02. The molecule has 35 heavy (non-hydrogen) atoms. The fourth-order valence-corrected chi connectivity index (χ4v) is 5.44. The topological polar surface area (TPSA) is 105 Å². The largest absolute Gasteiger partial charge is 0.457 e. The Morgan fingerprint density at radius 3 is 2.51 bits per heavy atom. The van der Waals surface area contributed by atoms with E-state index < -0.39 is 23.6 Å². The first-order chi connectivity index (χ1) is 16.7. The lowest BCUT2D eigenvalue weighted by atomic mass is 9.77. The number of β-amino-alcohol motifs (C(OH)–C–C–N with tert-alkyl or cyclic N) is 1. The lowest BCUT2D eigenvalue weighted by Gasteiger charge is -2.38. The fraction of sp³-hybridized carbons (Fsp3) is 0.500. The van der Waals surface area contributed by atoms with E-state index in [1.165, 1.54) is 11.0 Å². The van der Waals surface area contributed by atoms with E-state index in [4.69, 9.17) is 4.74 Å². The molecular formula is C24H26F2N4O5. The number of cyclic esters (lactones) is 1. The van der Waals surface area contributed by atoms with Crippen molar-refractivity contribution in [3.8, 4) is 0 Å². The zero-order valence-electron chi connectivity index (χ0n) is 19.2. The van der Waals surface area contributed by atoms with E-state index in [0.29, 0.717) is 51.0 Å². The predicted octanol–water partition coefficient (Wildman–Crippen LogP) is 2.17. The third-order valence-corrected chi connectivity index (χ3v) is 7.60. The minimum atomic E-state index is -3.08. The molecule has 0 bridgehead atoms. The first-order valence-electron chi connectivity index (χ1n) is 11.6. The number of benzene rings is 1. The van der Waals surface area contributed by atoms with Crippen LogP contribution in [-0.4, -0.2) is 57.8 Å². The Bertz CT molecular complexity index is 1240. The van der Waals surface area contributed by atoms with Crippen LogP contribution >= 0.6 is 0 Å². The van der Waals surface area contributed by atoms with Crippen molar-refractivity contribution in [2.75, 3.05) is 31.1 Å². The number of halogens is 2. The Labute approximate surface area is 199 Å². The number of ether oxygens (including phenoxy) is 1. The molecule has 0 saturated carbocycles. The van der Waals surface area contributed by atoms with Crippen molar-refractivity contribution in [2.24, 2.45) is 5.41 Å². The van der Waals surface area contributed by atoms with Gasteiger partial charge in [-0.1, -0.05) is 6.07 Å². The number of hydrogen-bond acceptors (Lipinski definition) is 7. The van der Waals surface area contributed by atoms with Crippen molar-refractivity contribution in [1.29, 1.82) is 0 Å². The van der Waals surface area contributed by atoms with Gasteiger partial charge in [-0.25, -0.2) is 4.79 Å². The highest BCUT2D eigenvalue weighted by atomic mass is 19.3. The molecule has 0 aliphatic carbocycles. The molecule has 11 heteroatoms. The number of carbonyl (C=O) groups excluding carboxylic acids is 2. The summed E-state index contributed by atoms with van der Waals surface area (Å²) in [6.07, 6.45) is 0.986. The van der Waals surface area contributed by atoms with Crippen molar-refractivity contribution in [3.63, 3.8) is 0 Å². The molecule has 5 rings (SSSR count). The number of anilines is 1. The van der Waals surface area contributed by atoms with E-state index in [9.17, 15) is 28.3 Å². The van der Waals surface area contributed by atoms with Crippen LogP contribution in [0.2, 0.25) is 0 Å². The van der Waals surface area contributed by atoms with Crippen LogP contribution in [0.25, 0.3) is 0 Å². The normalized spacial score (nSPS) is 20.5. The number of aliphatic hydroxyl groups excluding tert-OH is 1. The average molecular weight is 488 g/mol. The number of esters is 1. The highest BCUT2D eigenvalue weighted by molar-refractivity contribution is 5.99. The summed E-state index contributed by atoms with van der Waals surface area (Å²) in [4.78, 5) is 40.1. The number of alkyl halides is 2. The van der Waals surface area contributed by atoms with Gasteiger partial charge in [-0.05, 0) is 62.5 Å². The lowest BCUT2D eigenvalue weighted by molar-refractivity contribution is -0.128. The second-order valence-electron chi connectivity index (χ2n) is 9.44. The number of aliphatic hydroxyl groups is 1. The van der Waals surface area contributed by atoms with E-state index in [1.54, 1.807) is 12.1 Å². The summed E-state index contributed by atoms with van der Waals surface area (Å²) in [6.45, 7) is 0.967. The third-order valence-electron chi connectivity index (χ3n) is 7.60. The van der Waals surface area contributed by atoms with Crippen molar-refractivity contribution in [2.45, 2.75) is 45.4 Å². The molecule has 2 aromatic rings. The lowest BCUT2D eigenvalue weighted by Crippen LogP contribution is -2.46. The molecule has 1 aromatic carbocycles. The van der Waals surface area contributed by atoms with E-state index in [2.05, 4.69) is 10.00 Å². The van der Waals surface area contributed by atoms with Crippen LogP contribution < -0.4 is 10.5 Å². The first-order valence-corrected chi connectivity index (χ1v) is 11.6. The van der Waals surface area contributed by atoms with Gasteiger partial charge in [-0.3, -0.25) is 14.5 Å². The van der Waals surface area contributed by atoms with Gasteiger partial charge in [0.15, 0.2) is 5.82 Å². The molecule has 1 unspecified atom stereocenters. The summed E-state index contributed by atoms with van der Waals surface area (Å²) in [5.41, 5.74) is 1.44. The monoisotopic (exact) mass is 488 g/mol. The van der Waals surface area contributed by atoms with Gasteiger partial charge in [-0.15, -0.1) is 5.10 Å². The van der Waals surface area contributed by atoms with Gasteiger partial charge in [0, 0.05) is 24.7 Å². The minimum absolute atomic E-state index is 0.0548. The SMILES string of the molecule is Cc1c(C(O)CN2CCC3(CC2)CCN(c2ccc(=O)n(C(F)F)n2)C3=O)ccc2c1COC2=O. The Hall–Kier alpha value is -3.18. The van der Waals surface area contributed by atoms with Crippen LogP contribution in [0.3, 0.4) is 0 Å². The first kappa shape index (κ1) is 23.6. The van der Waals surface area contributed by atoms with Crippen molar-refractivity contribution >= 4 is 17.7 Å². The number of rotatable bonds is 5. The maximum Gasteiger partial charge on any atom is 0.338 e. The van der Waals surface area contributed by atoms with E-state index in [0.717, 1.165) is 22.8 Å². The van der Waals surface area contributed by atoms with Crippen LogP contribution in [-0.2, 0) is 16.1 Å². The van der Waals surface area contributed by atoms with Crippen molar-refractivity contribution in [3.05, 3.63) is 56.9 Å². The number of piperidine rings is 1. The molecule has 1 atom stereocenters. The summed E-state index contributed by atoms with van der Waals surface area (Å²) in [6, 6.07) is 5.76. The zero-order chi connectivity index (χ0) is 24.9. The molecule has 186 valence electrons. The summed E-state index contributed by atoms with van der Waals surface area (Å²) in [7, 11) is 0. The molecule has 1 aromatic heterocycles. The highest BCUT2D eigenvalue weighted by Crippen LogP contribution is 2.43. The number of amides is 1. The molecule has 3 aliphatic heterocycles. The molecule has 1 amide bonds. The predicted molar refractivity (Wildman–Crippen MR) is 120 cm³/mol. The summed E-state index contributed by atoms with van der Waals surface area (Å²) < 4.78 is 31.3.